The van der Waals surface area contributed by atoms with E-state index in [0.29, 0.717) is 21.7 Å². The van der Waals surface area contributed by atoms with E-state index in [2.05, 4.69) is 55.4 Å². The highest BCUT2D eigenvalue weighted by molar-refractivity contribution is 5.13. The predicted octanol–water partition coefficient (Wildman–Crippen LogP) is 5.52. The molecule has 0 N–H and O–H groups in total. The molecule has 0 aromatic carbocycles. The molecule has 0 heteroatoms. The molecule has 3 aliphatic rings. The predicted molar refractivity (Wildman–Crippen MR) is 76.0 cm³/mol. The van der Waals surface area contributed by atoms with Crippen LogP contribution in [-0.4, -0.2) is 0 Å². The van der Waals surface area contributed by atoms with Gasteiger partial charge >= 0.3 is 0 Å². The lowest BCUT2D eigenvalue weighted by Gasteiger charge is -2.70. The van der Waals surface area contributed by atoms with Crippen LogP contribution in [0, 0.1) is 33.5 Å². The smallest absolute Gasteiger partial charge is 0.0236 e. The Morgan fingerprint density at radius 3 is 1.82 bits per heavy atom. The second kappa shape index (κ2) is 3.31. The fraction of sp³-hybridized carbons (Fsp3) is 1.00. The van der Waals surface area contributed by atoms with Gasteiger partial charge in [0.05, 0.1) is 0 Å². The molecular formula is C17H32. The van der Waals surface area contributed by atoms with Gasteiger partial charge in [-0.05, 0) is 52.8 Å². The zero-order chi connectivity index (χ0) is 13.3. The zero-order valence-corrected chi connectivity index (χ0v) is 13.3. The van der Waals surface area contributed by atoms with Crippen molar-refractivity contribution in [2.75, 3.05) is 0 Å². The SMILES string of the molecule is CC1(C)[C@H]2CCC(C)(C(C)(C)C(C)(C)C)[C@@H]1C2. The fourth-order valence-corrected chi connectivity index (χ4v) is 4.84. The number of hydrogen-bond acceptors (Lipinski definition) is 0. The summed E-state index contributed by atoms with van der Waals surface area (Å²) in [5, 5.41) is 0. The molecule has 3 fully saturated rings. The molecule has 0 aromatic rings. The van der Waals surface area contributed by atoms with E-state index in [-0.39, 0.29) is 0 Å². The summed E-state index contributed by atoms with van der Waals surface area (Å²) in [4.78, 5) is 0. The Labute approximate surface area is 109 Å². The maximum Gasteiger partial charge on any atom is -0.0236 e. The highest BCUT2D eigenvalue weighted by Crippen LogP contribution is 2.72. The summed E-state index contributed by atoms with van der Waals surface area (Å²) in [6.07, 6.45) is 4.39. The zero-order valence-electron chi connectivity index (χ0n) is 13.3. The second-order valence-corrected chi connectivity index (χ2v) is 9.14. The monoisotopic (exact) mass is 236 g/mol. The Bertz CT molecular complexity index is 310. The molecule has 0 spiro atoms. The molecule has 1 unspecified atom stereocenters. The van der Waals surface area contributed by atoms with Crippen molar-refractivity contribution in [1.29, 1.82) is 0 Å². The van der Waals surface area contributed by atoms with Gasteiger partial charge in [0.15, 0.2) is 0 Å². The molecule has 0 radical (unpaired) electrons. The van der Waals surface area contributed by atoms with Gasteiger partial charge in [0.25, 0.3) is 0 Å². The maximum atomic E-state index is 2.58. The van der Waals surface area contributed by atoms with E-state index in [4.69, 9.17) is 0 Å². The van der Waals surface area contributed by atoms with E-state index in [1.54, 1.807) is 0 Å². The molecular weight excluding hydrogens is 204 g/mol. The minimum Gasteiger partial charge on any atom is -0.0596 e. The van der Waals surface area contributed by atoms with Crippen LogP contribution in [0.15, 0.2) is 0 Å². The van der Waals surface area contributed by atoms with Crippen LogP contribution in [-0.2, 0) is 0 Å². The number of hydrogen-bond donors (Lipinski definition) is 0. The summed E-state index contributed by atoms with van der Waals surface area (Å²) in [6, 6.07) is 0. The third kappa shape index (κ3) is 1.48. The van der Waals surface area contributed by atoms with Crippen molar-refractivity contribution in [2.24, 2.45) is 33.5 Å². The topological polar surface area (TPSA) is 0 Å². The van der Waals surface area contributed by atoms with Gasteiger partial charge in [-0.15, -0.1) is 0 Å². The average Bonchev–Trinajstić information content (AvgIpc) is 2.15. The summed E-state index contributed by atoms with van der Waals surface area (Å²) >= 11 is 0. The Balaban J connectivity index is 2.37. The van der Waals surface area contributed by atoms with Crippen molar-refractivity contribution < 1.29 is 0 Å². The van der Waals surface area contributed by atoms with Crippen LogP contribution in [0.4, 0.5) is 0 Å². The molecule has 0 amide bonds. The van der Waals surface area contributed by atoms with E-state index in [0.717, 1.165) is 11.8 Å². The Morgan fingerprint density at radius 2 is 1.47 bits per heavy atom. The fourth-order valence-electron chi connectivity index (χ4n) is 4.84. The number of rotatable bonds is 1. The van der Waals surface area contributed by atoms with Crippen molar-refractivity contribution in [3.8, 4) is 0 Å². The molecule has 17 heavy (non-hydrogen) atoms. The summed E-state index contributed by atoms with van der Waals surface area (Å²) in [6.45, 7) is 19.9. The van der Waals surface area contributed by atoms with Crippen molar-refractivity contribution in [3.05, 3.63) is 0 Å². The Kier molecular flexibility index (Phi) is 2.61. The Morgan fingerprint density at radius 1 is 0.941 bits per heavy atom. The lowest BCUT2D eigenvalue weighted by molar-refractivity contribution is -0.214. The molecule has 100 valence electrons. The van der Waals surface area contributed by atoms with Crippen molar-refractivity contribution in [2.45, 2.75) is 74.7 Å². The first-order chi connectivity index (χ1) is 7.44. The molecule has 3 aliphatic carbocycles. The highest BCUT2D eigenvalue weighted by Gasteiger charge is 2.64. The largest absolute Gasteiger partial charge is 0.0596 e. The summed E-state index contributed by atoms with van der Waals surface area (Å²) in [7, 11) is 0. The van der Waals surface area contributed by atoms with Crippen LogP contribution >= 0.6 is 0 Å². The minimum atomic E-state index is 0.389. The van der Waals surface area contributed by atoms with E-state index < -0.39 is 0 Å². The molecule has 0 nitrogen and oxygen atoms in total. The van der Waals surface area contributed by atoms with Gasteiger partial charge in [-0.1, -0.05) is 55.4 Å². The molecule has 3 saturated carbocycles. The molecule has 0 aliphatic heterocycles. The third-order valence-corrected chi connectivity index (χ3v) is 7.55. The molecule has 0 aromatic heterocycles. The molecule has 0 saturated heterocycles. The summed E-state index contributed by atoms with van der Waals surface area (Å²) in [5.41, 5.74) is 1.91. The minimum absolute atomic E-state index is 0.389. The van der Waals surface area contributed by atoms with Crippen molar-refractivity contribution >= 4 is 0 Å². The van der Waals surface area contributed by atoms with Gasteiger partial charge in [0.2, 0.25) is 0 Å². The van der Waals surface area contributed by atoms with Crippen LogP contribution in [0.5, 0.6) is 0 Å². The molecule has 2 bridgehead atoms. The standard InChI is InChI=1S/C17H32/c1-14(2,3)16(6,7)17(8)10-9-12-11-13(17)15(12,4)5/h12-13H,9-11H2,1-8H3/t12-,13+,17?/m0/s1. The first-order valence-corrected chi connectivity index (χ1v) is 7.44. The van der Waals surface area contributed by atoms with Gasteiger partial charge < -0.3 is 0 Å². The lowest BCUT2D eigenvalue weighted by Crippen LogP contribution is -2.63. The third-order valence-electron chi connectivity index (χ3n) is 7.55. The van der Waals surface area contributed by atoms with E-state index in [9.17, 15) is 0 Å². The Hall–Kier alpha value is 0. The summed E-state index contributed by atoms with van der Waals surface area (Å²) in [5.74, 6) is 1.94. The quantitative estimate of drug-likeness (QED) is 0.562. The van der Waals surface area contributed by atoms with E-state index >= 15 is 0 Å². The van der Waals surface area contributed by atoms with Crippen LogP contribution < -0.4 is 0 Å². The van der Waals surface area contributed by atoms with Gasteiger partial charge in [0.1, 0.15) is 0 Å². The van der Waals surface area contributed by atoms with Gasteiger partial charge in [-0.3, -0.25) is 0 Å². The number of fused-ring (bicyclic) bond motifs is 2. The van der Waals surface area contributed by atoms with Crippen molar-refractivity contribution in [3.63, 3.8) is 0 Å². The van der Waals surface area contributed by atoms with Gasteiger partial charge in [-0.25, -0.2) is 0 Å². The van der Waals surface area contributed by atoms with Gasteiger partial charge in [-0.2, -0.15) is 0 Å². The van der Waals surface area contributed by atoms with Crippen LogP contribution in [0.2, 0.25) is 0 Å². The molecule has 0 heterocycles. The average molecular weight is 236 g/mol. The maximum absolute atomic E-state index is 2.58. The second-order valence-electron chi connectivity index (χ2n) is 9.14. The van der Waals surface area contributed by atoms with Crippen LogP contribution in [0.1, 0.15) is 74.7 Å². The lowest BCUT2D eigenvalue weighted by atomic mass is 9.34. The highest BCUT2D eigenvalue weighted by atomic mass is 14.7. The molecule has 3 rings (SSSR count). The summed E-state index contributed by atoms with van der Waals surface area (Å²) < 4.78 is 0. The van der Waals surface area contributed by atoms with Gasteiger partial charge in [0, 0.05) is 0 Å². The van der Waals surface area contributed by atoms with E-state index in [1.165, 1.54) is 19.3 Å². The normalized spacial score (nSPS) is 40.9. The first-order valence-electron chi connectivity index (χ1n) is 7.44. The van der Waals surface area contributed by atoms with Crippen molar-refractivity contribution in [1.82, 2.24) is 0 Å². The first kappa shape index (κ1) is 13.4. The molecule has 3 atom stereocenters. The van der Waals surface area contributed by atoms with E-state index in [1.807, 2.05) is 0 Å². The van der Waals surface area contributed by atoms with Crippen LogP contribution in [0.25, 0.3) is 0 Å². The van der Waals surface area contributed by atoms with Crippen LogP contribution in [0.3, 0.4) is 0 Å².